The van der Waals surface area contributed by atoms with Crippen molar-refractivity contribution in [1.29, 1.82) is 0 Å². The summed E-state index contributed by atoms with van der Waals surface area (Å²) in [5.41, 5.74) is -1.32. The van der Waals surface area contributed by atoms with E-state index in [1.165, 1.54) is 18.2 Å². The summed E-state index contributed by atoms with van der Waals surface area (Å²) in [6.07, 6.45) is -2.52. The normalized spacial score (nSPS) is 12.2. The summed E-state index contributed by atoms with van der Waals surface area (Å²) in [7, 11) is -3.52. The van der Waals surface area contributed by atoms with E-state index < -0.39 is 27.7 Å². The third kappa shape index (κ3) is 6.03. The Morgan fingerprint density at radius 2 is 1.96 bits per heavy atom. The van der Waals surface area contributed by atoms with Gasteiger partial charge < -0.3 is 5.32 Å². The summed E-state index contributed by atoms with van der Waals surface area (Å²) in [5, 5.41) is 2.16. The first-order valence-electron chi connectivity index (χ1n) is 6.58. The molecule has 0 saturated carbocycles. The zero-order chi connectivity index (χ0) is 17.7. The second-order valence-electron chi connectivity index (χ2n) is 4.75. The number of rotatable bonds is 7. The lowest BCUT2D eigenvalue weighted by atomic mass is 10.1. The van der Waals surface area contributed by atoms with Gasteiger partial charge in [0.2, 0.25) is 15.9 Å². The van der Waals surface area contributed by atoms with Crippen LogP contribution in [0.3, 0.4) is 0 Å². The van der Waals surface area contributed by atoms with E-state index in [-0.39, 0.29) is 25.2 Å². The zero-order valence-electron chi connectivity index (χ0n) is 12.4. The van der Waals surface area contributed by atoms with E-state index in [0.29, 0.717) is 0 Å². The number of carbonyl (C=O) groups excluding carboxylic acids is 1. The highest BCUT2D eigenvalue weighted by molar-refractivity contribution is 7.88. The molecule has 0 aliphatic heterocycles. The van der Waals surface area contributed by atoms with Crippen molar-refractivity contribution in [2.75, 3.05) is 24.7 Å². The molecule has 128 valence electrons. The Bertz CT molecular complexity index is 672. The van der Waals surface area contributed by atoms with E-state index in [9.17, 15) is 26.4 Å². The molecule has 0 radical (unpaired) electrons. The van der Waals surface area contributed by atoms with Gasteiger partial charge in [0.1, 0.15) is 0 Å². The predicted octanol–water partition coefficient (Wildman–Crippen LogP) is 2.48. The highest BCUT2D eigenvalue weighted by atomic mass is 32.2. The lowest BCUT2D eigenvalue weighted by Crippen LogP contribution is -2.33. The summed E-state index contributed by atoms with van der Waals surface area (Å²) >= 11 is 0. The molecule has 1 rings (SSSR count). The number of hydrogen-bond acceptors (Lipinski definition) is 3. The second-order valence-corrected chi connectivity index (χ2v) is 6.73. The molecule has 1 aromatic carbocycles. The van der Waals surface area contributed by atoms with Crippen molar-refractivity contribution >= 4 is 21.6 Å². The van der Waals surface area contributed by atoms with Crippen molar-refractivity contribution in [3.63, 3.8) is 0 Å². The van der Waals surface area contributed by atoms with Crippen LogP contribution >= 0.6 is 0 Å². The maximum absolute atomic E-state index is 12.8. The van der Waals surface area contributed by atoms with Gasteiger partial charge in [0, 0.05) is 19.5 Å². The molecule has 23 heavy (non-hydrogen) atoms. The number of sulfonamides is 1. The highest BCUT2D eigenvalue weighted by Gasteiger charge is 2.33. The van der Waals surface area contributed by atoms with Crippen LogP contribution in [-0.4, -0.2) is 38.0 Å². The number of anilines is 1. The minimum Gasteiger partial charge on any atom is -0.325 e. The van der Waals surface area contributed by atoms with Gasteiger partial charge in [-0.3, -0.25) is 4.79 Å². The molecular formula is C14H17F3N2O3S. The first-order valence-corrected chi connectivity index (χ1v) is 8.42. The fraction of sp³-hybridized carbons (Fsp3) is 0.357. The molecule has 9 heteroatoms. The van der Waals surface area contributed by atoms with Crippen LogP contribution in [0.25, 0.3) is 0 Å². The van der Waals surface area contributed by atoms with Crippen molar-refractivity contribution in [1.82, 2.24) is 4.31 Å². The average molecular weight is 350 g/mol. The standard InChI is InChI=1S/C14H17F3N2O3S/c1-3-9-19(23(2,21)22)10-8-13(20)18-12-7-5-4-6-11(12)14(15,16)17/h3-7H,1,8-10H2,2H3,(H,18,20). The predicted molar refractivity (Wildman–Crippen MR) is 81.3 cm³/mol. The largest absolute Gasteiger partial charge is 0.418 e. The maximum atomic E-state index is 12.8. The molecule has 0 fully saturated rings. The molecule has 0 unspecified atom stereocenters. The van der Waals surface area contributed by atoms with Crippen molar-refractivity contribution in [2.24, 2.45) is 0 Å². The number of para-hydroxylation sites is 1. The number of benzene rings is 1. The fourth-order valence-electron chi connectivity index (χ4n) is 1.81. The molecule has 0 heterocycles. The maximum Gasteiger partial charge on any atom is 0.418 e. The molecule has 5 nitrogen and oxygen atoms in total. The van der Waals surface area contributed by atoms with E-state index in [4.69, 9.17) is 0 Å². The number of amides is 1. The van der Waals surface area contributed by atoms with Crippen LogP contribution in [0.2, 0.25) is 0 Å². The monoisotopic (exact) mass is 350 g/mol. The van der Waals surface area contributed by atoms with Gasteiger partial charge in [-0.2, -0.15) is 17.5 Å². The first kappa shape index (κ1) is 19.2. The average Bonchev–Trinajstić information content (AvgIpc) is 2.41. The zero-order valence-corrected chi connectivity index (χ0v) is 13.2. The van der Waals surface area contributed by atoms with Crippen LogP contribution in [-0.2, 0) is 21.0 Å². The Balaban J connectivity index is 2.77. The molecule has 0 aromatic heterocycles. The van der Waals surface area contributed by atoms with Crippen molar-refractivity contribution in [3.05, 3.63) is 42.5 Å². The van der Waals surface area contributed by atoms with Crippen molar-refractivity contribution in [2.45, 2.75) is 12.6 Å². The van der Waals surface area contributed by atoms with Crippen LogP contribution in [0.15, 0.2) is 36.9 Å². The van der Waals surface area contributed by atoms with E-state index in [0.717, 1.165) is 22.7 Å². The van der Waals surface area contributed by atoms with Gasteiger partial charge in [-0.25, -0.2) is 8.42 Å². The smallest absolute Gasteiger partial charge is 0.325 e. The van der Waals surface area contributed by atoms with Gasteiger partial charge in [0.25, 0.3) is 0 Å². The van der Waals surface area contributed by atoms with Crippen LogP contribution < -0.4 is 5.32 Å². The van der Waals surface area contributed by atoms with Gasteiger partial charge in [0.05, 0.1) is 17.5 Å². The Morgan fingerprint density at radius 1 is 1.35 bits per heavy atom. The minimum atomic E-state index is -4.59. The molecule has 1 N–H and O–H groups in total. The Hall–Kier alpha value is -1.87. The molecule has 1 aromatic rings. The Labute approximate surface area is 132 Å². The summed E-state index contributed by atoms with van der Waals surface area (Å²) in [5.74, 6) is -0.709. The molecule has 0 aliphatic rings. The van der Waals surface area contributed by atoms with Crippen LogP contribution in [0, 0.1) is 0 Å². The first-order chi connectivity index (χ1) is 10.6. The van der Waals surface area contributed by atoms with Gasteiger partial charge >= 0.3 is 6.18 Å². The number of nitrogens with one attached hydrogen (secondary N) is 1. The molecule has 0 bridgehead atoms. The van der Waals surface area contributed by atoms with E-state index in [1.807, 2.05) is 0 Å². The van der Waals surface area contributed by atoms with E-state index in [1.54, 1.807) is 0 Å². The summed E-state index contributed by atoms with van der Waals surface area (Å²) < 4.78 is 62.4. The lowest BCUT2D eigenvalue weighted by Gasteiger charge is -2.18. The quantitative estimate of drug-likeness (QED) is 0.769. The summed E-state index contributed by atoms with van der Waals surface area (Å²) in [6, 6.07) is 4.58. The molecule has 0 aliphatic carbocycles. The lowest BCUT2D eigenvalue weighted by molar-refractivity contribution is -0.137. The number of alkyl halides is 3. The minimum absolute atomic E-state index is 0.0191. The second kappa shape index (κ2) is 7.60. The molecular weight excluding hydrogens is 333 g/mol. The topological polar surface area (TPSA) is 66.5 Å². The summed E-state index contributed by atoms with van der Waals surface area (Å²) in [4.78, 5) is 11.8. The molecule has 0 atom stereocenters. The third-order valence-corrected chi connectivity index (χ3v) is 4.17. The number of nitrogens with zero attached hydrogens (tertiary/aromatic N) is 1. The van der Waals surface area contributed by atoms with Gasteiger partial charge in [-0.15, -0.1) is 6.58 Å². The van der Waals surface area contributed by atoms with Crippen LogP contribution in [0.1, 0.15) is 12.0 Å². The molecule has 1 amide bonds. The fourth-order valence-corrected chi connectivity index (χ4v) is 2.61. The molecule has 0 spiro atoms. The SMILES string of the molecule is C=CCN(CCC(=O)Nc1ccccc1C(F)(F)F)S(C)(=O)=O. The number of halogens is 3. The number of hydrogen-bond donors (Lipinski definition) is 1. The summed E-state index contributed by atoms with van der Waals surface area (Å²) in [6.45, 7) is 3.29. The van der Waals surface area contributed by atoms with E-state index >= 15 is 0 Å². The highest BCUT2D eigenvalue weighted by Crippen LogP contribution is 2.34. The van der Waals surface area contributed by atoms with Gasteiger partial charge in [-0.05, 0) is 12.1 Å². The van der Waals surface area contributed by atoms with E-state index in [2.05, 4.69) is 11.9 Å². The van der Waals surface area contributed by atoms with Crippen LogP contribution in [0.5, 0.6) is 0 Å². The third-order valence-electron chi connectivity index (χ3n) is 2.90. The van der Waals surface area contributed by atoms with Crippen molar-refractivity contribution in [3.8, 4) is 0 Å². The van der Waals surface area contributed by atoms with Crippen molar-refractivity contribution < 1.29 is 26.4 Å². The Morgan fingerprint density at radius 3 is 2.48 bits per heavy atom. The van der Waals surface area contributed by atoms with Gasteiger partial charge in [0.15, 0.2) is 0 Å². The Kier molecular flexibility index (Phi) is 6.34. The molecule has 0 saturated heterocycles. The van der Waals surface area contributed by atoms with Crippen LogP contribution in [0.4, 0.5) is 18.9 Å². The van der Waals surface area contributed by atoms with Gasteiger partial charge in [-0.1, -0.05) is 18.2 Å². The number of carbonyl (C=O) groups is 1.